The molecule has 0 aliphatic heterocycles. The third kappa shape index (κ3) is 3.48. The topological polar surface area (TPSA) is 128 Å². The van der Waals surface area contributed by atoms with Gasteiger partial charge in [-0.2, -0.15) is 4.98 Å². The minimum Gasteiger partial charge on any atom is -0.332 e. The Kier molecular flexibility index (Phi) is 4.19. The van der Waals surface area contributed by atoms with Gasteiger partial charge in [0.05, 0.1) is 9.82 Å². The molecule has 1 N–H and O–H groups in total. The lowest BCUT2D eigenvalue weighted by Crippen LogP contribution is -2.15. The van der Waals surface area contributed by atoms with Gasteiger partial charge in [-0.25, -0.2) is 13.1 Å². The summed E-state index contributed by atoms with van der Waals surface area (Å²) in [5, 5.41) is 14.3. The fraction of sp³-hybridized carbons (Fsp3) is 0.0667. The van der Waals surface area contributed by atoms with E-state index in [2.05, 4.69) is 14.9 Å². The smallest absolute Gasteiger partial charge is 0.277 e. The molecule has 0 fully saturated rings. The number of rotatable bonds is 5. The monoisotopic (exact) mass is 360 g/mol. The van der Waals surface area contributed by atoms with E-state index in [0.717, 1.165) is 12.1 Å². The molecular formula is C15H12N4O5S. The summed E-state index contributed by atoms with van der Waals surface area (Å²) in [6, 6.07) is 12.3. The van der Waals surface area contributed by atoms with Gasteiger partial charge >= 0.3 is 0 Å². The summed E-state index contributed by atoms with van der Waals surface area (Å²) in [7, 11) is -4.01. The van der Waals surface area contributed by atoms with Gasteiger partial charge < -0.3 is 4.52 Å². The van der Waals surface area contributed by atoms with Gasteiger partial charge in [-0.05, 0) is 35.8 Å². The second-order valence-electron chi connectivity index (χ2n) is 5.10. The number of hydrogen-bond donors (Lipinski definition) is 1. The van der Waals surface area contributed by atoms with Gasteiger partial charge in [0.2, 0.25) is 0 Å². The molecule has 1 aromatic heterocycles. The van der Waals surface area contributed by atoms with E-state index in [0.29, 0.717) is 5.56 Å². The number of nitrogens with one attached hydrogen (secondary N) is 1. The largest absolute Gasteiger partial charge is 0.332 e. The molecule has 0 bridgehead atoms. The zero-order valence-electron chi connectivity index (χ0n) is 12.9. The van der Waals surface area contributed by atoms with Crippen molar-refractivity contribution in [2.24, 2.45) is 0 Å². The molecule has 128 valence electrons. The summed E-state index contributed by atoms with van der Waals surface area (Å²) >= 11 is 0. The van der Waals surface area contributed by atoms with Crippen LogP contribution in [0.2, 0.25) is 0 Å². The van der Waals surface area contributed by atoms with Gasteiger partial charge in [-0.15, -0.1) is 0 Å². The molecule has 25 heavy (non-hydrogen) atoms. The first-order chi connectivity index (χ1) is 11.9. The fourth-order valence-corrected chi connectivity index (χ4v) is 3.35. The summed E-state index contributed by atoms with van der Waals surface area (Å²) in [4.78, 5) is 14.0. The maximum Gasteiger partial charge on any atom is 0.277 e. The highest BCUT2D eigenvalue weighted by Crippen LogP contribution is 2.24. The third-order valence-corrected chi connectivity index (χ3v) is 4.82. The quantitative estimate of drug-likeness (QED) is 0.547. The molecule has 3 aromatic rings. The number of nitrogens with zero attached hydrogens (tertiary/aromatic N) is 3. The molecule has 0 saturated carbocycles. The van der Waals surface area contributed by atoms with Crippen LogP contribution in [-0.4, -0.2) is 23.5 Å². The van der Waals surface area contributed by atoms with Crippen LogP contribution in [0.3, 0.4) is 0 Å². The Balaban J connectivity index is 1.87. The highest BCUT2D eigenvalue weighted by atomic mass is 32.2. The molecule has 0 radical (unpaired) electrons. The van der Waals surface area contributed by atoms with Gasteiger partial charge in [-0.3, -0.25) is 10.1 Å². The number of non-ortho nitro benzene ring substituents is 1. The molecule has 10 heteroatoms. The Morgan fingerprint density at radius 3 is 2.52 bits per heavy atom. The predicted molar refractivity (Wildman–Crippen MR) is 88.4 cm³/mol. The van der Waals surface area contributed by atoms with Crippen molar-refractivity contribution in [3.05, 3.63) is 64.2 Å². The first-order valence-electron chi connectivity index (χ1n) is 7.04. The lowest BCUT2D eigenvalue weighted by atomic mass is 10.2. The molecule has 0 saturated heterocycles. The highest BCUT2D eigenvalue weighted by Gasteiger charge is 2.22. The van der Waals surface area contributed by atoms with Crippen LogP contribution in [0.25, 0.3) is 11.5 Å². The lowest BCUT2D eigenvalue weighted by molar-refractivity contribution is -0.385. The summed E-state index contributed by atoms with van der Waals surface area (Å²) in [5.41, 5.74) is 0.683. The second-order valence-corrected chi connectivity index (χ2v) is 6.75. The van der Waals surface area contributed by atoms with Crippen LogP contribution in [0.1, 0.15) is 5.56 Å². The van der Waals surface area contributed by atoms with Crippen molar-refractivity contribution in [2.75, 3.05) is 4.72 Å². The van der Waals surface area contributed by atoms with E-state index in [1.165, 1.54) is 13.0 Å². The first-order valence-corrected chi connectivity index (χ1v) is 8.52. The molecule has 0 spiro atoms. The Morgan fingerprint density at radius 2 is 1.88 bits per heavy atom. The van der Waals surface area contributed by atoms with Crippen molar-refractivity contribution in [3.63, 3.8) is 0 Å². The lowest BCUT2D eigenvalue weighted by Gasteiger charge is -2.07. The van der Waals surface area contributed by atoms with Gasteiger partial charge in [0, 0.05) is 17.7 Å². The number of nitro groups is 1. The van der Waals surface area contributed by atoms with Crippen molar-refractivity contribution in [2.45, 2.75) is 11.8 Å². The maximum atomic E-state index is 12.4. The molecule has 0 aliphatic rings. The Bertz CT molecular complexity index is 1030. The summed E-state index contributed by atoms with van der Waals surface area (Å²) in [6.45, 7) is 1.47. The van der Waals surface area contributed by atoms with Crippen molar-refractivity contribution in [1.29, 1.82) is 0 Å². The van der Waals surface area contributed by atoms with Gasteiger partial charge in [-0.1, -0.05) is 18.2 Å². The molecular weight excluding hydrogens is 348 g/mol. The van der Waals surface area contributed by atoms with Crippen molar-refractivity contribution >= 4 is 21.7 Å². The second kappa shape index (κ2) is 6.32. The van der Waals surface area contributed by atoms with Crippen molar-refractivity contribution < 1.29 is 17.9 Å². The van der Waals surface area contributed by atoms with Gasteiger partial charge in [0.15, 0.2) is 0 Å². The number of sulfonamides is 1. The number of aryl methyl sites for hydroxylation is 1. The number of anilines is 1. The van der Waals surface area contributed by atoms with Gasteiger partial charge in [0.1, 0.15) is 0 Å². The molecule has 9 nitrogen and oxygen atoms in total. The third-order valence-electron chi connectivity index (χ3n) is 3.33. The first kappa shape index (κ1) is 16.6. The van der Waals surface area contributed by atoms with E-state index in [-0.39, 0.29) is 28.0 Å². The van der Waals surface area contributed by atoms with Crippen LogP contribution in [0.15, 0.2) is 57.9 Å². The SMILES string of the molecule is Cc1cc([N+](=O)[O-])ccc1S(=O)(=O)Nc1noc(-c2ccccc2)n1. The predicted octanol–water partition coefficient (Wildman–Crippen LogP) is 2.75. The molecule has 2 aromatic carbocycles. The highest BCUT2D eigenvalue weighted by molar-refractivity contribution is 7.92. The summed E-state index contributed by atoms with van der Waals surface area (Å²) < 4.78 is 32.1. The number of benzene rings is 2. The number of nitro benzene ring substituents is 1. The van der Waals surface area contributed by atoms with Crippen molar-refractivity contribution in [1.82, 2.24) is 10.1 Å². The average molecular weight is 360 g/mol. The Morgan fingerprint density at radius 1 is 1.16 bits per heavy atom. The van der Waals surface area contributed by atoms with E-state index in [4.69, 9.17) is 4.52 Å². The van der Waals surface area contributed by atoms with E-state index in [1.54, 1.807) is 24.3 Å². The normalized spacial score (nSPS) is 11.2. The molecule has 0 unspecified atom stereocenters. The Hall–Kier alpha value is -3.27. The standard InChI is InChI=1S/C15H12N4O5S/c1-10-9-12(19(20)21)7-8-13(10)25(22,23)18-15-16-14(24-17-15)11-5-3-2-4-6-11/h2-9H,1H3,(H,17,18). The van der Waals surface area contributed by atoms with Crippen molar-refractivity contribution in [3.8, 4) is 11.5 Å². The zero-order chi connectivity index (χ0) is 18.0. The maximum absolute atomic E-state index is 12.4. The van der Waals surface area contributed by atoms with E-state index in [9.17, 15) is 18.5 Å². The van der Waals surface area contributed by atoms with Crippen LogP contribution < -0.4 is 4.72 Å². The minimum atomic E-state index is -4.01. The number of hydrogen-bond acceptors (Lipinski definition) is 7. The molecule has 1 heterocycles. The van der Waals surface area contributed by atoms with Crippen LogP contribution in [-0.2, 0) is 10.0 Å². The van der Waals surface area contributed by atoms with Crippen LogP contribution in [0.5, 0.6) is 0 Å². The van der Waals surface area contributed by atoms with Crippen LogP contribution >= 0.6 is 0 Å². The minimum absolute atomic E-state index is 0.107. The average Bonchev–Trinajstić information content (AvgIpc) is 3.03. The fourth-order valence-electron chi connectivity index (χ4n) is 2.19. The van der Waals surface area contributed by atoms with E-state index in [1.807, 2.05) is 6.07 Å². The van der Waals surface area contributed by atoms with Crippen LogP contribution in [0, 0.1) is 17.0 Å². The zero-order valence-corrected chi connectivity index (χ0v) is 13.7. The molecule has 0 amide bonds. The number of aromatic nitrogens is 2. The van der Waals surface area contributed by atoms with E-state index >= 15 is 0 Å². The van der Waals surface area contributed by atoms with E-state index < -0.39 is 14.9 Å². The van der Waals surface area contributed by atoms with Gasteiger partial charge in [0.25, 0.3) is 27.5 Å². The molecule has 0 atom stereocenters. The molecule has 3 rings (SSSR count). The summed E-state index contributed by atoms with van der Waals surface area (Å²) in [5.74, 6) is -0.0599. The summed E-state index contributed by atoms with van der Waals surface area (Å²) in [6.07, 6.45) is 0. The Labute approximate surface area is 142 Å². The van der Waals surface area contributed by atoms with Crippen LogP contribution in [0.4, 0.5) is 11.6 Å². The molecule has 0 aliphatic carbocycles.